The Kier molecular flexibility index (Phi) is 3.80. The number of aromatic hydroxyl groups is 1. The minimum Gasteiger partial charge on any atom is -0.508 e. The molecule has 0 bridgehead atoms. The summed E-state index contributed by atoms with van der Waals surface area (Å²) in [5.74, 6) is 0.126. The number of rotatable bonds is 3. The first-order chi connectivity index (χ1) is 10.7. The summed E-state index contributed by atoms with van der Waals surface area (Å²) in [5.41, 5.74) is 2.70. The molecule has 110 valence electrons. The quantitative estimate of drug-likeness (QED) is 0.936. The fourth-order valence-electron chi connectivity index (χ4n) is 2.85. The van der Waals surface area contributed by atoms with Gasteiger partial charge in [-0.15, -0.1) is 0 Å². The summed E-state index contributed by atoms with van der Waals surface area (Å²) < 4.78 is 0. The average Bonchev–Trinajstić information content (AvgIpc) is 2.92. The molecule has 4 heteroatoms. The first-order valence-corrected chi connectivity index (χ1v) is 7.25. The highest BCUT2D eigenvalue weighted by molar-refractivity contribution is 5.84. The van der Waals surface area contributed by atoms with E-state index in [0.717, 1.165) is 17.7 Å². The molecule has 1 aliphatic heterocycles. The number of phenols is 1. The van der Waals surface area contributed by atoms with E-state index in [1.807, 2.05) is 43.3 Å². The third-order valence-corrected chi connectivity index (χ3v) is 3.90. The van der Waals surface area contributed by atoms with Gasteiger partial charge in [0.25, 0.3) is 0 Å². The van der Waals surface area contributed by atoms with Crippen LogP contribution in [0.15, 0.2) is 59.7 Å². The van der Waals surface area contributed by atoms with Crippen LogP contribution in [-0.4, -0.2) is 15.8 Å². The number of hydrogen-bond acceptors (Lipinski definition) is 4. The first kappa shape index (κ1) is 14.2. The van der Waals surface area contributed by atoms with Gasteiger partial charge in [0.2, 0.25) is 0 Å². The van der Waals surface area contributed by atoms with Gasteiger partial charge in [-0.3, -0.25) is 5.01 Å². The highest BCUT2D eigenvalue weighted by Crippen LogP contribution is 2.39. The second kappa shape index (κ2) is 5.90. The molecule has 2 aromatic rings. The maximum absolute atomic E-state index is 10.1. The molecule has 2 aromatic carbocycles. The highest BCUT2D eigenvalue weighted by Gasteiger charge is 2.33. The minimum atomic E-state index is -0.608. The summed E-state index contributed by atoms with van der Waals surface area (Å²) in [6.07, 6.45) is 0.787. The summed E-state index contributed by atoms with van der Waals surface area (Å²) in [6.45, 7) is 1.97. The summed E-state index contributed by atoms with van der Waals surface area (Å²) in [4.78, 5) is 0. The fourth-order valence-corrected chi connectivity index (χ4v) is 2.85. The number of benzene rings is 2. The Morgan fingerprint density at radius 1 is 1.18 bits per heavy atom. The summed E-state index contributed by atoms with van der Waals surface area (Å²) >= 11 is 0. The predicted molar refractivity (Wildman–Crippen MR) is 85.2 cm³/mol. The van der Waals surface area contributed by atoms with E-state index < -0.39 is 6.04 Å². The molecule has 0 aliphatic carbocycles. The van der Waals surface area contributed by atoms with Gasteiger partial charge >= 0.3 is 0 Å². The van der Waals surface area contributed by atoms with Crippen molar-refractivity contribution >= 4 is 5.71 Å². The van der Waals surface area contributed by atoms with Gasteiger partial charge in [-0.25, -0.2) is 0 Å². The van der Waals surface area contributed by atoms with E-state index in [2.05, 4.69) is 11.2 Å². The number of nitrogens with zero attached hydrogens (tertiary/aromatic N) is 3. The third-order valence-electron chi connectivity index (χ3n) is 3.90. The molecule has 1 N–H and O–H groups in total. The molecule has 1 aliphatic rings. The van der Waals surface area contributed by atoms with Crippen LogP contribution in [0.3, 0.4) is 0 Å². The van der Waals surface area contributed by atoms with E-state index in [-0.39, 0.29) is 11.8 Å². The fraction of sp³-hybridized carbons (Fsp3) is 0.222. The molecule has 2 atom stereocenters. The second-order valence-corrected chi connectivity index (χ2v) is 5.44. The van der Waals surface area contributed by atoms with Crippen molar-refractivity contribution in [1.29, 1.82) is 5.26 Å². The SMILES string of the molecule is CC1=NN(C(C#N)c2ccccc2O)C(c2ccccc2)C1. The largest absolute Gasteiger partial charge is 0.508 e. The van der Waals surface area contributed by atoms with E-state index in [1.165, 1.54) is 0 Å². The van der Waals surface area contributed by atoms with Crippen LogP contribution in [0.2, 0.25) is 0 Å². The first-order valence-electron chi connectivity index (χ1n) is 7.25. The van der Waals surface area contributed by atoms with Gasteiger partial charge in [0.15, 0.2) is 6.04 Å². The Morgan fingerprint density at radius 3 is 2.55 bits per heavy atom. The average molecular weight is 291 g/mol. The topological polar surface area (TPSA) is 59.6 Å². The van der Waals surface area contributed by atoms with Gasteiger partial charge in [-0.05, 0) is 18.6 Å². The lowest BCUT2D eigenvalue weighted by atomic mass is 9.99. The number of para-hydroxylation sites is 1. The lowest BCUT2D eigenvalue weighted by molar-refractivity contribution is 0.194. The summed E-state index contributed by atoms with van der Waals surface area (Å²) in [7, 11) is 0. The summed E-state index contributed by atoms with van der Waals surface area (Å²) in [5, 5.41) is 26.1. The van der Waals surface area contributed by atoms with Crippen LogP contribution >= 0.6 is 0 Å². The maximum atomic E-state index is 10.1. The van der Waals surface area contributed by atoms with Gasteiger partial charge in [0.1, 0.15) is 5.75 Å². The van der Waals surface area contributed by atoms with E-state index in [1.54, 1.807) is 23.2 Å². The number of hydrazone groups is 1. The van der Waals surface area contributed by atoms with Crippen molar-refractivity contribution in [3.63, 3.8) is 0 Å². The van der Waals surface area contributed by atoms with Crippen molar-refractivity contribution in [1.82, 2.24) is 5.01 Å². The number of phenolic OH excluding ortho intramolecular Hbond substituents is 1. The Labute approximate surface area is 129 Å². The van der Waals surface area contributed by atoms with Gasteiger partial charge in [-0.1, -0.05) is 48.5 Å². The Morgan fingerprint density at radius 2 is 1.86 bits per heavy atom. The molecule has 0 aromatic heterocycles. The molecular formula is C18H17N3O. The summed E-state index contributed by atoms with van der Waals surface area (Å²) in [6, 6.07) is 18.7. The van der Waals surface area contributed by atoms with E-state index in [9.17, 15) is 10.4 Å². The molecular weight excluding hydrogens is 274 g/mol. The molecule has 0 saturated heterocycles. The lowest BCUT2D eigenvalue weighted by Gasteiger charge is -2.28. The van der Waals surface area contributed by atoms with Crippen LogP contribution < -0.4 is 0 Å². The Bertz CT molecular complexity index is 733. The monoisotopic (exact) mass is 291 g/mol. The standard InChI is InChI=1S/C18H17N3O/c1-13-11-16(14-7-3-2-4-8-14)21(20-13)17(12-19)15-9-5-6-10-18(15)22/h2-10,16-17,22H,11H2,1H3. The van der Waals surface area contributed by atoms with Crippen molar-refractivity contribution in [2.24, 2.45) is 5.10 Å². The van der Waals surface area contributed by atoms with Crippen LogP contribution in [0.4, 0.5) is 0 Å². The van der Waals surface area contributed by atoms with Gasteiger partial charge in [0.05, 0.1) is 12.1 Å². The zero-order valence-electron chi connectivity index (χ0n) is 12.3. The van der Waals surface area contributed by atoms with Crippen LogP contribution in [0.1, 0.15) is 36.6 Å². The minimum absolute atomic E-state index is 0.0189. The molecule has 0 spiro atoms. The smallest absolute Gasteiger partial charge is 0.162 e. The van der Waals surface area contributed by atoms with E-state index >= 15 is 0 Å². The van der Waals surface area contributed by atoms with Crippen molar-refractivity contribution < 1.29 is 5.11 Å². The lowest BCUT2D eigenvalue weighted by Crippen LogP contribution is -2.24. The Balaban J connectivity index is 2.00. The van der Waals surface area contributed by atoms with Crippen molar-refractivity contribution in [3.05, 3.63) is 65.7 Å². The van der Waals surface area contributed by atoms with Crippen LogP contribution in [0, 0.1) is 11.3 Å². The van der Waals surface area contributed by atoms with E-state index in [0.29, 0.717) is 5.56 Å². The zero-order chi connectivity index (χ0) is 15.5. The van der Waals surface area contributed by atoms with Crippen LogP contribution in [0.5, 0.6) is 5.75 Å². The van der Waals surface area contributed by atoms with Crippen LogP contribution in [0.25, 0.3) is 0 Å². The van der Waals surface area contributed by atoms with Crippen LogP contribution in [-0.2, 0) is 0 Å². The van der Waals surface area contributed by atoms with Crippen molar-refractivity contribution in [3.8, 4) is 11.8 Å². The molecule has 22 heavy (non-hydrogen) atoms. The Hall–Kier alpha value is -2.80. The molecule has 2 unspecified atom stereocenters. The highest BCUT2D eigenvalue weighted by atomic mass is 16.3. The molecule has 0 fully saturated rings. The van der Waals surface area contributed by atoms with Crippen molar-refractivity contribution in [2.75, 3.05) is 0 Å². The van der Waals surface area contributed by atoms with Crippen molar-refractivity contribution in [2.45, 2.75) is 25.4 Å². The molecule has 1 heterocycles. The number of hydrogen-bond donors (Lipinski definition) is 1. The van der Waals surface area contributed by atoms with E-state index in [4.69, 9.17) is 0 Å². The molecule has 3 rings (SSSR count). The third kappa shape index (κ3) is 2.53. The normalized spacial score (nSPS) is 18.6. The molecule has 0 saturated carbocycles. The van der Waals surface area contributed by atoms with Gasteiger partial charge in [0, 0.05) is 17.7 Å². The maximum Gasteiger partial charge on any atom is 0.162 e. The zero-order valence-corrected chi connectivity index (χ0v) is 12.3. The number of nitriles is 1. The van der Waals surface area contributed by atoms with Gasteiger partial charge in [-0.2, -0.15) is 10.4 Å². The molecule has 0 amide bonds. The predicted octanol–water partition coefficient (Wildman–Crippen LogP) is 3.78. The second-order valence-electron chi connectivity index (χ2n) is 5.44. The van der Waals surface area contributed by atoms with Gasteiger partial charge < -0.3 is 5.11 Å². The molecule has 0 radical (unpaired) electrons. The molecule has 4 nitrogen and oxygen atoms in total.